The molecule has 26 heavy (non-hydrogen) atoms. The van der Waals surface area contributed by atoms with Crippen LogP contribution in [0.5, 0.6) is 0 Å². The molecule has 0 saturated carbocycles. The number of nitrogens with one attached hydrogen (secondary N) is 2. The van der Waals surface area contributed by atoms with Crippen molar-refractivity contribution in [3.63, 3.8) is 0 Å². The minimum atomic E-state index is -1.53. The van der Waals surface area contributed by atoms with E-state index < -0.39 is 23.3 Å². The largest absolute Gasteiger partial charge is 0.350 e. The molecule has 2 N–H and O–H groups in total. The average molecular weight is 365 g/mol. The highest BCUT2D eigenvalue weighted by Gasteiger charge is 2.11. The lowest BCUT2D eigenvalue weighted by atomic mass is 10.1. The predicted octanol–water partition coefficient (Wildman–Crippen LogP) is 4.76. The van der Waals surface area contributed by atoms with Gasteiger partial charge in [0.25, 0.3) is 0 Å². The SMILES string of the molecule is C=C(F)CNC(=NCc1cc(F)c(F)c(F)c1)Nc1cc(C)ccc1C. The molecule has 0 unspecified atom stereocenters. The molecule has 0 saturated heterocycles. The van der Waals surface area contributed by atoms with Gasteiger partial charge in [0.05, 0.1) is 13.1 Å². The Morgan fingerprint density at radius 1 is 1.08 bits per heavy atom. The van der Waals surface area contributed by atoms with Gasteiger partial charge in [0.1, 0.15) is 5.83 Å². The lowest BCUT2D eigenvalue weighted by Gasteiger charge is -2.14. The van der Waals surface area contributed by atoms with Crippen molar-refractivity contribution in [2.45, 2.75) is 20.4 Å². The van der Waals surface area contributed by atoms with E-state index in [1.54, 1.807) is 0 Å². The standard InChI is InChI=1S/C19H19F4N3/c1-11-4-5-12(2)17(6-11)26-19(24-9-13(3)20)25-10-14-7-15(21)18(23)16(22)8-14/h4-8H,3,9-10H2,1-2H3,(H2,24,25,26). The maximum absolute atomic E-state index is 13.3. The van der Waals surface area contributed by atoms with Crippen molar-refractivity contribution in [1.29, 1.82) is 0 Å². The van der Waals surface area contributed by atoms with E-state index in [1.165, 1.54) is 0 Å². The third kappa shape index (κ3) is 5.34. The quantitative estimate of drug-likeness (QED) is 0.347. The van der Waals surface area contributed by atoms with Crippen molar-refractivity contribution in [3.05, 3.63) is 76.9 Å². The van der Waals surface area contributed by atoms with E-state index in [1.807, 2.05) is 32.0 Å². The molecule has 0 aliphatic carbocycles. The first kappa shape index (κ1) is 19.5. The van der Waals surface area contributed by atoms with Crippen LogP contribution in [0.15, 0.2) is 47.7 Å². The molecule has 7 heteroatoms. The van der Waals surface area contributed by atoms with Gasteiger partial charge in [-0.2, -0.15) is 0 Å². The van der Waals surface area contributed by atoms with Crippen LogP contribution >= 0.6 is 0 Å². The number of guanidine groups is 1. The Balaban J connectivity index is 2.24. The monoisotopic (exact) mass is 365 g/mol. The molecule has 0 amide bonds. The summed E-state index contributed by atoms with van der Waals surface area (Å²) in [6.45, 7) is 6.66. The highest BCUT2D eigenvalue weighted by molar-refractivity contribution is 5.94. The van der Waals surface area contributed by atoms with Crippen molar-refractivity contribution in [3.8, 4) is 0 Å². The van der Waals surface area contributed by atoms with Crippen LogP contribution in [0.2, 0.25) is 0 Å². The number of aryl methyl sites for hydroxylation is 2. The second-order valence-electron chi connectivity index (χ2n) is 5.85. The van der Waals surface area contributed by atoms with Crippen LogP contribution in [-0.2, 0) is 6.54 Å². The second kappa shape index (κ2) is 8.51. The van der Waals surface area contributed by atoms with E-state index in [4.69, 9.17) is 0 Å². The molecule has 0 radical (unpaired) electrons. The molecular formula is C19H19F4N3. The summed E-state index contributed by atoms with van der Waals surface area (Å²) in [5.74, 6) is -4.51. The Hall–Kier alpha value is -2.83. The fourth-order valence-electron chi connectivity index (χ4n) is 2.19. The van der Waals surface area contributed by atoms with E-state index in [0.29, 0.717) is 0 Å². The van der Waals surface area contributed by atoms with Crippen molar-refractivity contribution in [2.75, 3.05) is 11.9 Å². The van der Waals surface area contributed by atoms with Gasteiger partial charge in [-0.15, -0.1) is 0 Å². The number of hydrogen-bond acceptors (Lipinski definition) is 1. The van der Waals surface area contributed by atoms with Crippen LogP contribution < -0.4 is 10.6 Å². The molecule has 138 valence electrons. The summed E-state index contributed by atoms with van der Waals surface area (Å²) in [6.07, 6.45) is 0. The van der Waals surface area contributed by atoms with Gasteiger partial charge in [0, 0.05) is 5.69 Å². The molecule has 0 spiro atoms. The van der Waals surface area contributed by atoms with Crippen molar-refractivity contribution < 1.29 is 17.6 Å². The molecule has 0 aliphatic heterocycles. The lowest BCUT2D eigenvalue weighted by Crippen LogP contribution is -2.32. The Morgan fingerprint density at radius 2 is 1.73 bits per heavy atom. The van der Waals surface area contributed by atoms with Gasteiger partial charge in [-0.05, 0) is 48.7 Å². The number of aliphatic imine (C=N–C) groups is 1. The molecule has 0 atom stereocenters. The maximum Gasteiger partial charge on any atom is 0.196 e. The second-order valence-corrected chi connectivity index (χ2v) is 5.85. The molecule has 2 aromatic carbocycles. The third-order valence-electron chi connectivity index (χ3n) is 3.56. The van der Waals surface area contributed by atoms with Gasteiger partial charge in [-0.1, -0.05) is 18.7 Å². The van der Waals surface area contributed by atoms with Gasteiger partial charge in [-0.25, -0.2) is 22.6 Å². The van der Waals surface area contributed by atoms with Crippen LogP contribution in [0.3, 0.4) is 0 Å². The molecule has 0 bridgehead atoms. The Morgan fingerprint density at radius 3 is 2.35 bits per heavy atom. The molecule has 3 nitrogen and oxygen atoms in total. The number of benzene rings is 2. The molecule has 0 heterocycles. The number of halogens is 4. The summed E-state index contributed by atoms with van der Waals surface area (Å²) in [6, 6.07) is 7.47. The van der Waals surface area contributed by atoms with Crippen LogP contribution in [0.1, 0.15) is 16.7 Å². The summed E-state index contributed by atoms with van der Waals surface area (Å²) < 4.78 is 52.6. The van der Waals surface area contributed by atoms with Crippen molar-refractivity contribution in [1.82, 2.24) is 5.32 Å². The zero-order valence-corrected chi connectivity index (χ0v) is 14.5. The van der Waals surface area contributed by atoms with Crippen LogP contribution in [0, 0.1) is 31.3 Å². The van der Waals surface area contributed by atoms with Crippen molar-refractivity contribution in [2.24, 2.45) is 4.99 Å². The first-order valence-electron chi connectivity index (χ1n) is 7.85. The predicted molar refractivity (Wildman–Crippen MR) is 95.2 cm³/mol. The van der Waals surface area contributed by atoms with E-state index in [2.05, 4.69) is 22.2 Å². The summed E-state index contributed by atoms with van der Waals surface area (Å²) in [5, 5.41) is 5.75. The summed E-state index contributed by atoms with van der Waals surface area (Å²) in [7, 11) is 0. The van der Waals surface area contributed by atoms with Gasteiger partial charge < -0.3 is 10.6 Å². The number of rotatable bonds is 5. The van der Waals surface area contributed by atoms with E-state index in [-0.39, 0.29) is 24.6 Å². The first-order chi connectivity index (χ1) is 12.3. The third-order valence-corrected chi connectivity index (χ3v) is 3.56. The molecule has 2 aromatic rings. The zero-order chi connectivity index (χ0) is 19.3. The fraction of sp³-hybridized carbons (Fsp3) is 0.211. The van der Waals surface area contributed by atoms with E-state index in [9.17, 15) is 17.6 Å². The first-order valence-corrected chi connectivity index (χ1v) is 7.85. The highest BCUT2D eigenvalue weighted by Crippen LogP contribution is 2.17. The Kier molecular flexibility index (Phi) is 6.38. The number of nitrogens with zero attached hydrogens (tertiary/aromatic N) is 1. The van der Waals surface area contributed by atoms with Gasteiger partial charge in [-0.3, -0.25) is 0 Å². The van der Waals surface area contributed by atoms with E-state index >= 15 is 0 Å². The number of anilines is 1. The molecule has 0 aliphatic rings. The van der Waals surface area contributed by atoms with Crippen LogP contribution in [0.4, 0.5) is 23.2 Å². The smallest absolute Gasteiger partial charge is 0.196 e. The zero-order valence-electron chi connectivity index (χ0n) is 14.5. The average Bonchev–Trinajstić information content (AvgIpc) is 2.57. The molecular weight excluding hydrogens is 346 g/mol. The summed E-state index contributed by atoms with van der Waals surface area (Å²) in [5.41, 5.74) is 2.83. The number of hydrogen-bond donors (Lipinski definition) is 2. The normalized spacial score (nSPS) is 11.4. The fourth-order valence-corrected chi connectivity index (χ4v) is 2.19. The van der Waals surface area contributed by atoms with Crippen molar-refractivity contribution >= 4 is 11.6 Å². The van der Waals surface area contributed by atoms with Crippen LogP contribution in [0.25, 0.3) is 0 Å². The minimum Gasteiger partial charge on any atom is -0.350 e. The Labute approximate surface area is 149 Å². The van der Waals surface area contributed by atoms with Gasteiger partial charge in [0.2, 0.25) is 0 Å². The molecule has 0 aromatic heterocycles. The van der Waals surface area contributed by atoms with E-state index in [0.717, 1.165) is 28.9 Å². The summed E-state index contributed by atoms with van der Waals surface area (Å²) >= 11 is 0. The molecule has 0 fully saturated rings. The lowest BCUT2D eigenvalue weighted by molar-refractivity contribution is 0.445. The topological polar surface area (TPSA) is 36.4 Å². The maximum atomic E-state index is 13.3. The highest BCUT2D eigenvalue weighted by atomic mass is 19.2. The Bertz CT molecular complexity index is 824. The summed E-state index contributed by atoms with van der Waals surface area (Å²) in [4.78, 5) is 4.17. The minimum absolute atomic E-state index is 0.132. The van der Waals surface area contributed by atoms with Crippen LogP contribution in [-0.4, -0.2) is 12.5 Å². The van der Waals surface area contributed by atoms with Gasteiger partial charge >= 0.3 is 0 Å². The van der Waals surface area contributed by atoms with Gasteiger partial charge in [0.15, 0.2) is 23.4 Å². The molecule has 2 rings (SSSR count).